The van der Waals surface area contributed by atoms with Crippen molar-refractivity contribution >= 4 is 0 Å². The van der Waals surface area contributed by atoms with Gasteiger partial charge in [0, 0.05) is 13.1 Å². The number of phenols is 1. The summed E-state index contributed by atoms with van der Waals surface area (Å²) in [6.45, 7) is 3.40. The molecule has 1 aromatic rings. The van der Waals surface area contributed by atoms with Crippen molar-refractivity contribution in [2.45, 2.75) is 6.92 Å². The summed E-state index contributed by atoms with van der Waals surface area (Å²) in [5, 5.41) is 27.8. The second kappa shape index (κ2) is 9.45. The molecule has 0 amide bonds. The summed E-state index contributed by atoms with van der Waals surface area (Å²) in [5.74, 6) is 0.329. The van der Waals surface area contributed by atoms with Gasteiger partial charge in [0.2, 0.25) is 0 Å². The number of hydrogen-bond donors (Lipinski definition) is 4. The SMILES string of the molecule is Cc1ccc(O)cc1.OCCNCCO. The molecule has 0 aliphatic rings. The van der Waals surface area contributed by atoms with E-state index in [1.165, 1.54) is 5.56 Å². The number of aryl methyl sites for hydroxylation is 1. The van der Waals surface area contributed by atoms with E-state index < -0.39 is 0 Å². The molecule has 0 heterocycles. The normalized spacial score (nSPS) is 9.27. The highest BCUT2D eigenvalue weighted by molar-refractivity contribution is 5.24. The highest BCUT2D eigenvalue weighted by Gasteiger charge is 1.82. The molecule has 4 heteroatoms. The molecule has 0 aromatic heterocycles. The van der Waals surface area contributed by atoms with Gasteiger partial charge in [-0.15, -0.1) is 0 Å². The van der Waals surface area contributed by atoms with Crippen LogP contribution in [0.25, 0.3) is 0 Å². The molecule has 1 rings (SSSR count). The number of phenolic OH excluding ortho intramolecular Hbond substituents is 1. The molecule has 0 spiro atoms. The molecule has 0 unspecified atom stereocenters. The Bertz CT molecular complexity index is 211. The summed E-state index contributed by atoms with van der Waals surface area (Å²) in [6, 6.07) is 7.09. The molecular formula is C11H19NO3. The largest absolute Gasteiger partial charge is 0.508 e. The molecule has 86 valence electrons. The first-order chi connectivity index (χ1) is 7.20. The molecular weight excluding hydrogens is 194 g/mol. The fourth-order valence-corrected chi connectivity index (χ4v) is 0.828. The van der Waals surface area contributed by atoms with Crippen LogP contribution in [0.5, 0.6) is 5.75 Å². The summed E-state index contributed by atoms with van der Waals surface area (Å²) < 4.78 is 0. The number of benzene rings is 1. The first kappa shape index (κ1) is 13.9. The second-order valence-corrected chi connectivity index (χ2v) is 3.03. The van der Waals surface area contributed by atoms with Gasteiger partial charge < -0.3 is 20.6 Å². The Morgan fingerprint density at radius 1 is 1.00 bits per heavy atom. The molecule has 4 nitrogen and oxygen atoms in total. The molecule has 1 aromatic carbocycles. The summed E-state index contributed by atoms with van der Waals surface area (Å²) in [6.07, 6.45) is 0. The van der Waals surface area contributed by atoms with Crippen molar-refractivity contribution < 1.29 is 15.3 Å². The van der Waals surface area contributed by atoms with E-state index in [-0.39, 0.29) is 13.2 Å². The third-order valence-electron chi connectivity index (χ3n) is 1.61. The molecule has 0 bridgehead atoms. The molecule has 15 heavy (non-hydrogen) atoms. The predicted octanol–water partition coefficient (Wildman–Crippen LogP) is 0.261. The zero-order valence-corrected chi connectivity index (χ0v) is 8.98. The summed E-state index contributed by atoms with van der Waals surface area (Å²) in [4.78, 5) is 0. The number of rotatable bonds is 4. The second-order valence-electron chi connectivity index (χ2n) is 3.03. The molecule has 4 N–H and O–H groups in total. The minimum absolute atomic E-state index is 0.139. The summed E-state index contributed by atoms with van der Waals surface area (Å²) in [5.41, 5.74) is 1.17. The quantitative estimate of drug-likeness (QED) is 0.541. The van der Waals surface area contributed by atoms with Crippen molar-refractivity contribution in [1.29, 1.82) is 0 Å². The van der Waals surface area contributed by atoms with Gasteiger partial charge in [-0.25, -0.2) is 0 Å². The van der Waals surface area contributed by atoms with Crippen LogP contribution in [-0.2, 0) is 0 Å². The van der Waals surface area contributed by atoms with E-state index in [1.54, 1.807) is 12.1 Å². The Kier molecular flexibility index (Phi) is 8.76. The van der Waals surface area contributed by atoms with Crippen LogP contribution in [-0.4, -0.2) is 41.6 Å². The Balaban J connectivity index is 0.000000265. The summed E-state index contributed by atoms with van der Waals surface area (Å²) in [7, 11) is 0. The minimum atomic E-state index is 0.139. The van der Waals surface area contributed by atoms with Crippen LogP contribution in [0.3, 0.4) is 0 Å². The molecule has 0 saturated heterocycles. The summed E-state index contributed by atoms with van der Waals surface area (Å²) >= 11 is 0. The Morgan fingerprint density at radius 3 is 1.80 bits per heavy atom. The lowest BCUT2D eigenvalue weighted by Gasteiger charge is -1.94. The third-order valence-corrected chi connectivity index (χ3v) is 1.61. The van der Waals surface area contributed by atoms with Crippen molar-refractivity contribution in [3.8, 4) is 5.75 Å². The number of nitrogens with one attached hydrogen (secondary N) is 1. The van der Waals surface area contributed by atoms with E-state index in [4.69, 9.17) is 15.3 Å². The number of aliphatic hydroxyl groups is 2. The van der Waals surface area contributed by atoms with Gasteiger partial charge in [0.15, 0.2) is 0 Å². The van der Waals surface area contributed by atoms with Crippen LogP contribution in [0.4, 0.5) is 0 Å². The van der Waals surface area contributed by atoms with Crippen LogP contribution in [0.1, 0.15) is 5.56 Å². The monoisotopic (exact) mass is 213 g/mol. The van der Waals surface area contributed by atoms with Crippen LogP contribution in [0.2, 0.25) is 0 Å². The van der Waals surface area contributed by atoms with E-state index in [0.29, 0.717) is 18.8 Å². The topological polar surface area (TPSA) is 72.7 Å². The van der Waals surface area contributed by atoms with Gasteiger partial charge in [-0.2, -0.15) is 0 Å². The maximum atomic E-state index is 8.76. The minimum Gasteiger partial charge on any atom is -0.508 e. The van der Waals surface area contributed by atoms with Crippen molar-refractivity contribution in [1.82, 2.24) is 5.32 Å². The zero-order valence-electron chi connectivity index (χ0n) is 8.98. The van der Waals surface area contributed by atoms with Crippen LogP contribution < -0.4 is 5.32 Å². The highest BCUT2D eigenvalue weighted by atomic mass is 16.3. The Morgan fingerprint density at radius 2 is 1.47 bits per heavy atom. The first-order valence-corrected chi connectivity index (χ1v) is 4.88. The Labute approximate surface area is 90.2 Å². The maximum absolute atomic E-state index is 8.76. The fraction of sp³-hybridized carbons (Fsp3) is 0.455. The van der Waals surface area contributed by atoms with Gasteiger partial charge >= 0.3 is 0 Å². The van der Waals surface area contributed by atoms with E-state index in [2.05, 4.69) is 5.32 Å². The van der Waals surface area contributed by atoms with Crippen molar-refractivity contribution in [2.24, 2.45) is 0 Å². The third kappa shape index (κ3) is 9.21. The lowest BCUT2D eigenvalue weighted by molar-refractivity contribution is 0.266. The number of hydrogen-bond acceptors (Lipinski definition) is 4. The van der Waals surface area contributed by atoms with Gasteiger partial charge in [-0.3, -0.25) is 0 Å². The molecule has 0 fully saturated rings. The average molecular weight is 213 g/mol. The average Bonchev–Trinajstić information content (AvgIpc) is 2.24. The maximum Gasteiger partial charge on any atom is 0.115 e. The first-order valence-electron chi connectivity index (χ1n) is 4.88. The molecule has 0 radical (unpaired) electrons. The van der Waals surface area contributed by atoms with Crippen molar-refractivity contribution in [3.63, 3.8) is 0 Å². The van der Waals surface area contributed by atoms with Gasteiger partial charge in [-0.05, 0) is 19.1 Å². The fourth-order valence-electron chi connectivity index (χ4n) is 0.828. The molecule has 0 saturated carbocycles. The van der Waals surface area contributed by atoms with Crippen molar-refractivity contribution in [2.75, 3.05) is 26.3 Å². The molecule has 0 atom stereocenters. The highest BCUT2D eigenvalue weighted by Crippen LogP contribution is 2.07. The van der Waals surface area contributed by atoms with E-state index in [9.17, 15) is 0 Å². The van der Waals surface area contributed by atoms with E-state index in [1.807, 2.05) is 19.1 Å². The lowest BCUT2D eigenvalue weighted by Crippen LogP contribution is -2.21. The predicted molar refractivity (Wildman–Crippen MR) is 59.9 cm³/mol. The van der Waals surface area contributed by atoms with Gasteiger partial charge in [-0.1, -0.05) is 17.7 Å². The molecule has 0 aliphatic carbocycles. The van der Waals surface area contributed by atoms with Crippen molar-refractivity contribution in [3.05, 3.63) is 29.8 Å². The van der Waals surface area contributed by atoms with Crippen LogP contribution >= 0.6 is 0 Å². The smallest absolute Gasteiger partial charge is 0.115 e. The Hall–Kier alpha value is -1.10. The van der Waals surface area contributed by atoms with Gasteiger partial charge in [0.1, 0.15) is 5.75 Å². The van der Waals surface area contributed by atoms with Crippen LogP contribution in [0, 0.1) is 6.92 Å². The molecule has 0 aliphatic heterocycles. The van der Waals surface area contributed by atoms with Gasteiger partial charge in [0.05, 0.1) is 13.2 Å². The number of aliphatic hydroxyl groups excluding tert-OH is 2. The standard InChI is InChI=1S/C7H8O.C4H11NO2/c1-6-2-4-7(8)5-3-6;6-3-1-5-2-4-7/h2-5,8H,1H3;5-7H,1-4H2. The number of aromatic hydroxyl groups is 1. The lowest BCUT2D eigenvalue weighted by atomic mass is 10.2. The van der Waals surface area contributed by atoms with E-state index in [0.717, 1.165) is 0 Å². The zero-order chi connectivity index (χ0) is 11.5. The van der Waals surface area contributed by atoms with Gasteiger partial charge in [0.25, 0.3) is 0 Å². The van der Waals surface area contributed by atoms with Crippen LogP contribution in [0.15, 0.2) is 24.3 Å². The van der Waals surface area contributed by atoms with E-state index >= 15 is 0 Å².